The molecule has 1 aromatic carbocycles. The molecule has 0 saturated heterocycles. The third kappa shape index (κ3) is 3.05. The van der Waals surface area contributed by atoms with E-state index in [1.807, 2.05) is 30.3 Å². The highest BCUT2D eigenvalue weighted by Crippen LogP contribution is 2.08. The minimum atomic E-state index is -0.816. The molecule has 0 unspecified atom stereocenters. The van der Waals surface area contributed by atoms with Crippen molar-refractivity contribution < 1.29 is 9.90 Å². The maximum Gasteiger partial charge on any atom is 0.331 e. The summed E-state index contributed by atoms with van der Waals surface area (Å²) in [6.45, 7) is 1.76. The van der Waals surface area contributed by atoms with E-state index in [-0.39, 0.29) is 0 Å². The first-order valence-corrected chi connectivity index (χ1v) is 4.66. The molecule has 0 atom stereocenters. The molecule has 14 heavy (non-hydrogen) atoms. The summed E-state index contributed by atoms with van der Waals surface area (Å²) in [5.74, 6) is -0.816. The van der Waals surface area contributed by atoms with Gasteiger partial charge in [-0.1, -0.05) is 36.4 Å². The Balaban J connectivity index is 2.53. The van der Waals surface area contributed by atoms with Crippen LogP contribution in [-0.2, 0) is 11.2 Å². The lowest BCUT2D eigenvalue weighted by Gasteiger charge is -2.01. The van der Waals surface area contributed by atoms with Crippen LogP contribution in [0.5, 0.6) is 0 Å². The highest BCUT2D eigenvalue weighted by molar-refractivity contribution is 5.86. The highest BCUT2D eigenvalue weighted by Gasteiger charge is 2.05. The molecule has 2 heteroatoms. The van der Waals surface area contributed by atoms with E-state index in [1.165, 1.54) is 5.56 Å². The quantitative estimate of drug-likeness (QED) is 0.741. The van der Waals surface area contributed by atoms with Gasteiger partial charge in [-0.05, 0) is 25.3 Å². The van der Waals surface area contributed by atoms with E-state index in [9.17, 15) is 4.79 Å². The lowest BCUT2D eigenvalue weighted by Crippen LogP contribution is -2.01. The smallest absolute Gasteiger partial charge is 0.331 e. The molecule has 0 amide bonds. The summed E-state index contributed by atoms with van der Waals surface area (Å²) >= 11 is 0. The second-order valence-electron chi connectivity index (χ2n) is 3.10. The molecule has 2 nitrogen and oxygen atoms in total. The van der Waals surface area contributed by atoms with E-state index in [0.717, 1.165) is 6.42 Å². The molecule has 0 aliphatic carbocycles. The largest absolute Gasteiger partial charge is 0.478 e. The van der Waals surface area contributed by atoms with E-state index in [1.54, 1.807) is 13.0 Å². The third-order valence-corrected chi connectivity index (χ3v) is 2.15. The first-order chi connectivity index (χ1) is 6.74. The molecule has 0 saturated carbocycles. The number of aliphatic carboxylic acids is 1. The maximum absolute atomic E-state index is 10.7. The predicted molar refractivity (Wildman–Crippen MR) is 56.2 cm³/mol. The van der Waals surface area contributed by atoms with E-state index in [4.69, 9.17) is 5.11 Å². The number of carbonyl (C=O) groups is 1. The lowest BCUT2D eigenvalue weighted by atomic mass is 10.0. The molecular formula is C12H14O2. The van der Waals surface area contributed by atoms with Crippen molar-refractivity contribution in [2.45, 2.75) is 19.8 Å². The van der Waals surface area contributed by atoms with E-state index < -0.39 is 5.97 Å². The van der Waals surface area contributed by atoms with Crippen LogP contribution in [0.4, 0.5) is 0 Å². The summed E-state index contributed by atoms with van der Waals surface area (Å²) in [5.41, 5.74) is 1.65. The molecule has 1 N–H and O–H groups in total. The monoisotopic (exact) mass is 190 g/mol. The summed E-state index contributed by atoms with van der Waals surface area (Å²) in [7, 11) is 0. The molecule has 74 valence electrons. The van der Waals surface area contributed by atoms with Crippen molar-refractivity contribution in [1.82, 2.24) is 0 Å². The van der Waals surface area contributed by atoms with Gasteiger partial charge in [0.05, 0.1) is 0 Å². The fourth-order valence-corrected chi connectivity index (χ4v) is 1.30. The van der Waals surface area contributed by atoms with Crippen LogP contribution in [-0.4, -0.2) is 11.1 Å². The summed E-state index contributed by atoms with van der Waals surface area (Å²) in [6.07, 6.45) is 3.04. The van der Waals surface area contributed by atoms with Crippen molar-refractivity contribution in [1.29, 1.82) is 0 Å². The Hall–Kier alpha value is -1.57. The molecule has 0 aromatic heterocycles. The average Bonchev–Trinajstić information content (AvgIpc) is 2.20. The zero-order chi connectivity index (χ0) is 10.4. The van der Waals surface area contributed by atoms with Gasteiger partial charge < -0.3 is 5.11 Å². The van der Waals surface area contributed by atoms with Crippen LogP contribution < -0.4 is 0 Å². The zero-order valence-electron chi connectivity index (χ0n) is 8.23. The Kier molecular flexibility index (Phi) is 3.92. The first-order valence-electron chi connectivity index (χ1n) is 4.66. The van der Waals surface area contributed by atoms with Crippen LogP contribution in [0, 0.1) is 0 Å². The summed E-state index contributed by atoms with van der Waals surface area (Å²) in [6, 6.07) is 9.90. The summed E-state index contributed by atoms with van der Waals surface area (Å²) in [4.78, 5) is 10.7. The van der Waals surface area contributed by atoms with E-state index in [0.29, 0.717) is 12.0 Å². The minimum Gasteiger partial charge on any atom is -0.478 e. The van der Waals surface area contributed by atoms with Crippen molar-refractivity contribution in [3.63, 3.8) is 0 Å². The molecule has 0 fully saturated rings. The number of rotatable bonds is 4. The molecule has 0 bridgehead atoms. The summed E-state index contributed by atoms with van der Waals surface area (Å²) in [5, 5.41) is 8.78. The first kappa shape index (κ1) is 10.5. The number of benzene rings is 1. The van der Waals surface area contributed by atoms with Gasteiger partial charge in [-0.3, -0.25) is 0 Å². The van der Waals surface area contributed by atoms with E-state index >= 15 is 0 Å². The molecule has 1 rings (SSSR count). The maximum atomic E-state index is 10.7. The van der Waals surface area contributed by atoms with Crippen molar-refractivity contribution in [2.75, 3.05) is 0 Å². The van der Waals surface area contributed by atoms with Gasteiger partial charge in [-0.2, -0.15) is 0 Å². The van der Waals surface area contributed by atoms with Gasteiger partial charge in [-0.25, -0.2) is 4.79 Å². The van der Waals surface area contributed by atoms with Gasteiger partial charge in [0.1, 0.15) is 0 Å². The van der Waals surface area contributed by atoms with Crippen LogP contribution in [0.25, 0.3) is 0 Å². The second-order valence-corrected chi connectivity index (χ2v) is 3.10. The number of hydrogen-bond acceptors (Lipinski definition) is 1. The predicted octanol–water partition coefficient (Wildman–Crippen LogP) is 2.65. The average molecular weight is 190 g/mol. The van der Waals surface area contributed by atoms with Gasteiger partial charge in [0.15, 0.2) is 0 Å². The minimum absolute atomic E-state index is 0.480. The van der Waals surface area contributed by atoms with Crippen LogP contribution in [0.1, 0.15) is 18.9 Å². The SMILES string of the molecule is C/C=C(\CCc1ccccc1)C(=O)O. The fourth-order valence-electron chi connectivity index (χ4n) is 1.30. The van der Waals surface area contributed by atoms with Gasteiger partial charge >= 0.3 is 5.97 Å². The van der Waals surface area contributed by atoms with Gasteiger partial charge in [0, 0.05) is 5.57 Å². The van der Waals surface area contributed by atoms with Gasteiger partial charge in [-0.15, -0.1) is 0 Å². The van der Waals surface area contributed by atoms with Crippen LogP contribution in [0.15, 0.2) is 42.0 Å². The Morgan fingerprint density at radius 3 is 2.50 bits per heavy atom. The molecule has 1 aromatic rings. The number of allylic oxidation sites excluding steroid dienone is 1. The molecule has 0 aliphatic heterocycles. The molecule has 0 aliphatic rings. The van der Waals surface area contributed by atoms with Crippen molar-refractivity contribution in [3.8, 4) is 0 Å². The van der Waals surface area contributed by atoms with Gasteiger partial charge in [0.2, 0.25) is 0 Å². The van der Waals surface area contributed by atoms with Crippen molar-refractivity contribution in [3.05, 3.63) is 47.5 Å². The van der Waals surface area contributed by atoms with Crippen molar-refractivity contribution >= 4 is 5.97 Å². The molecular weight excluding hydrogens is 176 g/mol. The zero-order valence-corrected chi connectivity index (χ0v) is 8.23. The van der Waals surface area contributed by atoms with Crippen LogP contribution in [0.3, 0.4) is 0 Å². The standard InChI is InChI=1S/C12H14O2/c1-2-11(12(13)14)9-8-10-6-4-3-5-7-10/h2-7H,8-9H2,1H3,(H,13,14)/b11-2+. The molecule has 0 radical (unpaired) electrons. The normalized spacial score (nSPS) is 11.4. The Labute approximate surface area is 83.9 Å². The third-order valence-electron chi connectivity index (χ3n) is 2.15. The Bertz CT molecular complexity index is 325. The van der Waals surface area contributed by atoms with Crippen LogP contribution in [0.2, 0.25) is 0 Å². The fraction of sp³-hybridized carbons (Fsp3) is 0.250. The second kappa shape index (κ2) is 5.22. The highest BCUT2D eigenvalue weighted by atomic mass is 16.4. The number of carboxylic acids is 1. The van der Waals surface area contributed by atoms with Crippen molar-refractivity contribution in [2.24, 2.45) is 0 Å². The Morgan fingerprint density at radius 2 is 2.00 bits per heavy atom. The van der Waals surface area contributed by atoms with E-state index in [2.05, 4.69) is 0 Å². The number of carboxylic acid groups (broad SMARTS) is 1. The number of aryl methyl sites for hydroxylation is 1. The summed E-state index contributed by atoms with van der Waals surface area (Å²) < 4.78 is 0. The number of hydrogen-bond donors (Lipinski definition) is 1. The Morgan fingerprint density at radius 1 is 1.36 bits per heavy atom. The van der Waals surface area contributed by atoms with Gasteiger partial charge in [0.25, 0.3) is 0 Å². The molecule has 0 spiro atoms. The topological polar surface area (TPSA) is 37.3 Å². The van der Waals surface area contributed by atoms with Crippen LogP contribution >= 0.6 is 0 Å². The molecule has 0 heterocycles. The lowest BCUT2D eigenvalue weighted by molar-refractivity contribution is -0.132.